The highest BCUT2D eigenvalue weighted by Gasteiger charge is 2.45. The molecule has 0 radical (unpaired) electrons. The fraction of sp³-hybridized carbons (Fsp3) is 0.533. The first-order valence-corrected chi connectivity index (χ1v) is 6.49. The third-order valence-corrected chi connectivity index (χ3v) is 4.42. The van der Waals surface area contributed by atoms with E-state index in [-0.39, 0.29) is 0 Å². The van der Waals surface area contributed by atoms with Gasteiger partial charge in [-0.2, -0.15) is 5.26 Å². The molecule has 2 aliphatic rings. The summed E-state index contributed by atoms with van der Waals surface area (Å²) in [6, 6.07) is 8.52. The lowest BCUT2D eigenvalue weighted by Gasteiger charge is -2.50. The highest BCUT2D eigenvalue weighted by atomic mass is 15.2. The average molecular weight is 226 g/mol. The molecule has 1 heterocycles. The van der Waals surface area contributed by atoms with Crippen LogP contribution in [0.4, 0.5) is 5.69 Å². The first-order valence-electron chi connectivity index (χ1n) is 6.49. The molecule has 1 spiro atoms. The van der Waals surface area contributed by atoms with E-state index in [1.54, 1.807) is 0 Å². The second-order valence-corrected chi connectivity index (χ2v) is 5.64. The third kappa shape index (κ3) is 1.61. The van der Waals surface area contributed by atoms with Gasteiger partial charge in [0.2, 0.25) is 0 Å². The largest absolute Gasteiger partial charge is 0.369 e. The summed E-state index contributed by atoms with van der Waals surface area (Å²) < 4.78 is 0. The van der Waals surface area contributed by atoms with Gasteiger partial charge in [-0.3, -0.25) is 0 Å². The Hall–Kier alpha value is -1.49. The van der Waals surface area contributed by atoms with Gasteiger partial charge in [0.25, 0.3) is 0 Å². The van der Waals surface area contributed by atoms with Crippen LogP contribution in [0.25, 0.3) is 0 Å². The third-order valence-electron chi connectivity index (χ3n) is 4.42. The second kappa shape index (κ2) is 3.77. The quantitative estimate of drug-likeness (QED) is 0.735. The summed E-state index contributed by atoms with van der Waals surface area (Å²) in [5.41, 5.74) is 3.69. The van der Waals surface area contributed by atoms with Gasteiger partial charge in [-0.15, -0.1) is 0 Å². The maximum absolute atomic E-state index is 9.25. The summed E-state index contributed by atoms with van der Waals surface area (Å²) >= 11 is 0. The van der Waals surface area contributed by atoms with E-state index >= 15 is 0 Å². The summed E-state index contributed by atoms with van der Waals surface area (Å²) in [5.74, 6) is 0. The minimum absolute atomic E-state index is 0.594. The molecule has 0 unspecified atom stereocenters. The fourth-order valence-corrected chi connectivity index (χ4v) is 3.44. The topological polar surface area (TPSA) is 27.0 Å². The van der Waals surface area contributed by atoms with Crippen LogP contribution < -0.4 is 4.90 Å². The Morgan fingerprint density at radius 2 is 1.94 bits per heavy atom. The molecule has 1 saturated heterocycles. The van der Waals surface area contributed by atoms with Crippen LogP contribution in [0.2, 0.25) is 0 Å². The zero-order valence-electron chi connectivity index (χ0n) is 10.4. The van der Waals surface area contributed by atoms with Crippen LogP contribution >= 0.6 is 0 Å². The fourth-order valence-electron chi connectivity index (χ4n) is 3.44. The molecule has 0 bridgehead atoms. The first kappa shape index (κ1) is 10.7. The van der Waals surface area contributed by atoms with Crippen molar-refractivity contribution < 1.29 is 0 Å². The zero-order chi connectivity index (χ0) is 11.9. The van der Waals surface area contributed by atoms with Gasteiger partial charge >= 0.3 is 0 Å². The molecule has 88 valence electrons. The Bertz CT molecular complexity index is 470. The van der Waals surface area contributed by atoms with Gasteiger partial charge in [-0.05, 0) is 31.4 Å². The van der Waals surface area contributed by atoms with Crippen molar-refractivity contribution in [2.75, 3.05) is 18.0 Å². The molecule has 0 amide bonds. The lowest BCUT2D eigenvalue weighted by Crippen LogP contribution is -2.55. The molecule has 0 N–H and O–H groups in total. The van der Waals surface area contributed by atoms with E-state index < -0.39 is 0 Å². The molecule has 1 aliphatic heterocycles. The number of hydrogen-bond acceptors (Lipinski definition) is 2. The number of aryl methyl sites for hydroxylation is 1. The average Bonchev–Trinajstić information content (AvgIpc) is 2.76. The van der Waals surface area contributed by atoms with Gasteiger partial charge < -0.3 is 4.90 Å². The Morgan fingerprint density at radius 1 is 1.24 bits per heavy atom. The van der Waals surface area contributed by atoms with E-state index in [2.05, 4.69) is 23.1 Å². The molecule has 2 fully saturated rings. The first-order chi connectivity index (χ1) is 8.24. The minimum atomic E-state index is 0.594. The van der Waals surface area contributed by atoms with Gasteiger partial charge in [0.15, 0.2) is 0 Å². The van der Waals surface area contributed by atoms with E-state index in [4.69, 9.17) is 0 Å². The summed E-state index contributed by atoms with van der Waals surface area (Å²) in [4.78, 5) is 2.39. The normalized spacial score (nSPS) is 21.3. The predicted octanol–water partition coefficient (Wildman–Crippen LogP) is 3.25. The van der Waals surface area contributed by atoms with Crippen LogP contribution in [0.3, 0.4) is 0 Å². The number of anilines is 1. The van der Waals surface area contributed by atoms with Gasteiger partial charge in [0.05, 0.1) is 11.3 Å². The van der Waals surface area contributed by atoms with Crippen molar-refractivity contribution in [1.29, 1.82) is 5.26 Å². The molecule has 2 nitrogen and oxygen atoms in total. The highest BCUT2D eigenvalue weighted by molar-refractivity contribution is 5.64. The smallest absolute Gasteiger partial charge is 0.102 e. The highest BCUT2D eigenvalue weighted by Crippen LogP contribution is 2.47. The molecule has 1 saturated carbocycles. The Kier molecular flexibility index (Phi) is 2.36. The molecule has 0 atom stereocenters. The van der Waals surface area contributed by atoms with Crippen molar-refractivity contribution in [3.8, 4) is 6.07 Å². The van der Waals surface area contributed by atoms with E-state index in [1.807, 2.05) is 13.0 Å². The van der Waals surface area contributed by atoms with E-state index in [1.165, 1.54) is 25.7 Å². The summed E-state index contributed by atoms with van der Waals surface area (Å²) in [7, 11) is 0. The summed E-state index contributed by atoms with van der Waals surface area (Å²) in [6.07, 6.45) is 5.56. The SMILES string of the molecule is Cc1cccc(N2CC3(CCCC3)C2)c1C#N. The lowest BCUT2D eigenvalue weighted by atomic mass is 9.77. The predicted molar refractivity (Wildman–Crippen MR) is 69.0 cm³/mol. The van der Waals surface area contributed by atoms with Crippen molar-refractivity contribution in [3.05, 3.63) is 29.3 Å². The second-order valence-electron chi connectivity index (χ2n) is 5.64. The number of benzene rings is 1. The minimum Gasteiger partial charge on any atom is -0.369 e. The number of nitriles is 1. The molecule has 17 heavy (non-hydrogen) atoms. The summed E-state index contributed by atoms with van der Waals surface area (Å²) in [6.45, 7) is 4.34. The van der Waals surface area contributed by atoms with Crippen LogP contribution in [0.1, 0.15) is 36.8 Å². The van der Waals surface area contributed by atoms with Crippen molar-refractivity contribution in [2.45, 2.75) is 32.6 Å². The Balaban J connectivity index is 1.83. The van der Waals surface area contributed by atoms with E-state index in [9.17, 15) is 5.26 Å². The maximum Gasteiger partial charge on any atom is 0.102 e. The van der Waals surface area contributed by atoms with Gasteiger partial charge in [-0.1, -0.05) is 25.0 Å². The standard InChI is InChI=1S/C15H18N2/c1-12-5-4-6-14(13(12)9-16)17-10-15(11-17)7-2-3-8-15/h4-6H,2-3,7-8,10-11H2,1H3. The molecule has 1 aromatic carbocycles. The summed E-state index contributed by atoms with van der Waals surface area (Å²) in [5, 5.41) is 9.25. The lowest BCUT2D eigenvalue weighted by molar-refractivity contribution is 0.222. The van der Waals surface area contributed by atoms with Crippen LogP contribution in [0, 0.1) is 23.7 Å². The van der Waals surface area contributed by atoms with Gasteiger partial charge in [0, 0.05) is 18.5 Å². The number of rotatable bonds is 1. The molecular formula is C15H18N2. The van der Waals surface area contributed by atoms with Crippen LogP contribution in [-0.2, 0) is 0 Å². The van der Waals surface area contributed by atoms with Crippen molar-refractivity contribution in [3.63, 3.8) is 0 Å². The molecule has 1 aromatic rings. The van der Waals surface area contributed by atoms with Gasteiger partial charge in [0.1, 0.15) is 6.07 Å². The van der Waals surface area contributed by atoms with E-state index in [0.29, 0.717) is 5.41 Å². The van der Waals surface area contributed by atoms with Gasteiger partial charge in [-0.25, -0.2) is 0 Å². The molecular weight excluding hydrogens is 208 g/mol. The zero-order valence-corrected chi connectivity index (χ0v) is 10.4. The van der Waals surface area contributed by atoms with Crippen LogP contribution in [0.15, 0.2) is 18.2 Å². The van der Waals surface area contributed by atoms with Crippen LogP contribution in [-0.4, -0.2) is 13.1 Å². The number of hydrogen-bond donors (Lipinski definition) is 0. The van der Waals surface area contributed by atoms with E-state index in [0.717, 1.165) is 29.9 Å². The Morgan fingerprint density at radius 3 is 2.59 bits per heavy atom. The Labute approximate surface area is 103 Å². The maximum atomic E-state index is 9.25. The van der Waals surface area contributed by atoms with Crippen molar-refractivity contribution in [1.82, 2.24) is 0 Å². The molecule has 3 rings (SSSR count). The molecule has 1 aliphatic carbocycles. The molecule has 0 aromatic heterocycles. The van der Waals surface area contributed by atoms with Crippen molar-refractivity contribution >= 4 is 5.69 Å². The molecule has 2 heteroatoms. The number of nitrogens with zero attached hydrogens (tertiary/aromatic N) is 2. The monoisotopic (exact) mass is 226 g/mol. The van der Waals surface area contributed by atoms with Crippen LogP contribution in [0.5, 0.6) is 0 Å². The van der Waals surface area contributed by atoms with Crippen molar-refractivity contribution in [2.24, 2.45) is 5.41 Å².